The molecular formula is C21H25NO4. The van der Waals surface area contributed by atoms with Gasteiger partial charge < -0.3 is 19.5 Å². The Hall–Kier alpha value is -2.69. The minimum Gasteiger partial charge on any atom is -0.486 e. The van der Waals surface area contributed by atoms with E-state index < -0.39 is 0 Å². The first kappa shape index (κ1) is 18.1. The van der Waals surface area contributed by atoms with Crippen LogP contribution in [0.3, 0.4) is 0 Å². The molecule has 138 valence electrons. The van der Waals surface area contributed by atoms with E-state index in [-0.39, 0.29) is 18.6 Å². The third kappa shape index (κ3) is 4.10. The Labute approximate surface area is 154 Å². The Morgan fingerprint density at radius 2 is 1.85 bits per heavy atom. The SMILES string of the molecule is Cc1cc(C)c(C)c(OCC(=O)NC(C)c2ccc3c(c2)OCCO3)c1. The number of fused-ring (bicyclic) bond motifs is 1. The summed E-state index contributed by atoms with van der Waals surface area (Å²) in [6.45, 7) is 9.08. The van der Waals surface area contributed by atoms with E-state index in [0.29, 0.717) is 13.2 Å². The van der Waals surface area contributed by atoms with Crippen molar-refractivity contribution in [2.45, 2.75) is 33.7 Å². The van der Waals surface area contributed by atoms with Crippen molar-refractivity contribution in [2.24, 2.45) is 0 Å². The predicted octanol–water partition coefficient (Wildman–Crippen LogP) is 3.64. The Morgan fingerprint density at radius 1 is 1.12 bits per heavy atom. The van der Waals surface area contributed by atoms with Gasteiger partial charge >= 0.3 is 0 Å². The molecule has 0 saturated carbocycles. The maximum atomic E-state index is 12.3. The number of carbonyl (C=O) groups excluding carboxylic acids is 1. The van der Waals surface area contributed by atoms with Crippen molar-refractivity contribution in [3.05, 3.63) is 52.6 Å². The van der Waals surface area contributed by atoms with Gasteiger partial charge in [-0.2, -0.15) is 0 Å². The highest BCUT2D eigenvalue weighted by atomic mass is 16.6. The monoisotopic (exact) mass is 355 g/mol. The molecule has 1 heterocycles. The van der Waals surface area contributed by atoms with Crippen LogP contribution in [0.5, 0.6) is 17.2 Å². The van der Waals surface area contributed by atoms with E-state index in [2.05, 4.69) is 11.4 Å². The second-order valence-electron chi connectivity index (χ2n) is 6.69. The average Bonchev–Trinajstić information content (AvgIpc) is 2.63. The van der Waals surface area contributed by atoms with Crippen molar-refractivity contribution in [3.63, 3.8) is 0 Å². The van der Waals surface area contributed by atoms with Crippen LogP contribution in [0.15, 0.2) is 30.3 Å². The molecule has 3 rings (SSSR count). The molecule has 1 aliphatic rings. The number of benzene rings is 2. The Morgan fingerprint density at radius 3 is 2.62 bits per heavy atom. The van der Waals surface area contributed by atoms with E-state index >= 15 is 0 Å². The lowest BCUT2D eigenvalue weighted by atomic mass is 10.1. The van der Waals surface area contributed by atoms with Gasteiger partial charge in [0.1, 0.15) is 19.0 Å². The highest BCUT2D eigenvalue weighted by Gasteiger charge is 2.16. The molecule has 0 spiro atoms. The summed E-state index contributed by atoms with van der Waals surface area (Å²) in [7, 11) is 0. The standard InChI is InChI=1S/C21H25NO4/c1-13-9-14(2)15(3)19(10-13)26-12-21(23)22-16(4)17-5-6-18-20(11-17)25-8-7-24-18/h5-6,9-11,16H,7-8,12H2,1-4H3,(H,22,23). The maximum absolute atomic E-state index is 12.3. The molecular weight excluding hydrogens is 330 g/mol. The van der Waals surface area contributed by atoms with Crippen molar-refractivity contribution in [2.75, 3.05) is 19.8 Å². The topological polar surface area (TPSA) is 56.8 Å². The van der Waals surface area contributed by atoms with Gasteiger partial charge in [-0.05, 0) is 68.1 Å². The fourth-order valence-corrected chi connectivity index (χ4v) is 2.99. The zero-order valence-corrected chi connectivity index (χ0v) is 15.7. The molecule has 26 heavy (non-hydrogen) atoms. The zero-order chi connectivity index (χ0) is 18.7. The van der Waals surface area contributed by atoms with Crippen LogP contribution in [0.2, 0.25) is 0 Å². The van der Waals surface area contributed by atoms with Crippen LogP contribution in [0, 0.1) is 20.8 Å². The fourth-order valence-electron chi connectivity index (χ4n) is 2.99. The normalized spacial score (nSPS) is 13.8. The summed E-state index contributed by atoms with van der Waals surface area (Å²) in [5, 5.41) is 2.96. The summed E-state index contributed by atoms with van der Waals surface area (Å²) in [5.41, 5.74) is 4.30. The minimum atomic E-state index is -0.161. The summed E-state index contributed by atoms with van der Waals surface area (Å²) in [6, 6.07) is 9.64. The van der Waals surface area contributed by atoms with Crippen LogP contribution >= 0.6 is 0 Å². The van der Waals surface area contributed by atoms with E-state index in [0.717, 1.165) is 39.5 Å². The Kier molecular flexibility index (Phi) is 5.35. The van der Waals surface area contributed by atoms with Crippen molar-refractivity contribution >= 4 is 5.91 Å². The van der Waals surface area contributed by atoms with Crippen LogP contribution in [0.4, 0.5) is 0 Å². The lowest BCUT2D eigenvalue weighted by molar-refractivity contribution is -0.123. The highest BCUT2D eigenvalue weighted by Crippen LogP contribution is 2.32. The van der Waals surface area contributed by atoms with E-state index in [1.54, 1.807) is 0 Å². The third-order valence-electron chi connectivity index (χ3n) is 4.57. The lowest BCUT2D eigenvalue weighted by Crippen LogP contribution is -2.31. The molecule has 0 aliphatic carbocycles. The van der Waals surface area contributed by atoms with E-state index in [9.17, 15) is 4.79 Å². The van der Waals surface area contributed by atoms with Crippen molar-refractivity contribution in [1.29, 1.82) is 0 Å². The summed E-state index contributed by atoms with van der Waals surface area (Å²) >= 11 is 0. The minimum absolute atomic E-state index is 0.0153. The number of carbonyl (C=O) groups is 1. The van der Waals surface area contributed by atoms with Gasteiger partial charge in [0.2, 0.25) is 0 Å². The first-order chi connectivity index (χ1) is 12.4. The Bertz CT molecular complexity index is 816. The molecule has 1 amide bonds. The maximum Gasteiger partial charge on any atom is 0.258 e. The van der Waals surface area contributed by atoms with Gasteiger partial charge in [0.15, 0.2) is 18.1 Å². The predicted molar refractivity (Wildman–Crippen MR) is 100 cm³/mol. The second-order valence-corrected chi connectivity index (χ2v) is 6.69. The van der Waals surface area contributed by atoms with Gasteiger partial charge in [-0.15, -0.1) is 0 Å². The van der Waals surface area contributed by atoms with Crippen molar-refractivity contribution in [3.8, 4) is 17.2 Å². The van der Waals surface area contributed by atoms with Crippen LogP contribution in [-0.4, -0.2) is 25.7 Å². The molecule has 1 unspecified atom stereocenters. The summed E-state index contributed by atoms with van der Waals surface area (Å²) < 4.78 is 16.9. The fraction of sp³-hybridized carbons (Fsp3) is 0.381. The zero-order valence-electron chi connectivity index (χ0n) is 15.7. The van der Waals surface area contributed by atoms with Crippen molar-refractivity contribution < 1.29 is 19.0 Å². The van der Waals surface area contributed by atoms with Gasteiger partial charge in [0.05, 0.1) is 6.04 Å². The van der Waals surface area contributed by atoms with E-state index in [1.807, 2.05) is 52.0 Å². The summed E-state index contributed by atoms with van der Waals surface area (Å²) in [5.74, 6) is 2.06. The number of ether oxygens (including phenoxy) is 3. The number of amides is 1. The van der Waals surface area contributed by atoms with Gasteiger partial charge in [0.25, 0.3) is 5.91 Å². The lowest BCUT2D eigenvalue weighted by Gasteiger charge is -2.21. The number of hydrogen-bond acceptors (Lipinski definition) is 4. The van der Waals surface area contributed by atoms with Crippen LogP contribution in [0.25, 0.3) is 0 Å². The van der Waals surface area contributed by atoms with Gasteiger partial charge in [-0.1, -0.05) is 12.1 Å². The van der Waals surface area contributed by atoms with Crippen LogP contribution in [0.1, 0.15) is 35.2 Å². The average molecular weight is 355 g/mol. The summed E-state index contributed by atoms with van der Waals surface area (Å²) in [6.07, 6.45) is 0. The molecule has 5 heteroatoms. The first-order valence-electron chi connectivity index (χ1n) is 8.83. The van der Waals surface area contributed by atoms with Crippen LogP contribution < -0.4 is 19.5 Å². The molecule has 0 fully saturated rings. The largest absolute Gasteiger partial charge is 0.486 e. The molecule has 1 aliphatic heterocycles. The van der Waals surface area contributed by atoms with Crippen molar-refractivity contribution in [1.82, 2.24) is 5.32 Å². The highest BCUT2D eigenvalue weighted by molar-refractivity contribution is 5.78. The number of rotatable bonds is 5. The molecule has 0 aromatic heterocycles. The van der Waals surface area contributed by atoms with E-state index in [1.165, 1.54) is 0 Å². The van der Waals surface area contributed by atoms with Gasteiger partial charge in [0, 0.05) is 0 Å². The number of nitrogens with one attached hydrogen (secondary N) is 1. The quantitative estimate of drug-likeness (QED) is 0.890. The smallest absolute Gasteiger partial charge is 0.258 e. The molecule has 5 nitrogen and oxygen atoms in total. The van der Waals surface area contributed by atoms with Crippen LogP contribution in [-0.2, 0) is 4.79 Å². The number of aryl methyl sites for hydroxylation is 2. The molecule has 2 aromatic rings. The molecule has 1 N–H and O–H groups in total. The number of hydrogen-bond donors (Lipinski definition) is 1. The second kappa shape index (κ2) is 7.68. The molecule has 0 saturated heterocycles. The molecule has 1 atom stereocenters. The summed E-state index contributed by atoms with van der Waals surface area (Å²) in [4.78, 5) is 12.3. The molecule has 2 aromatic carbocycles. The molecule has 0 radical (unpaired) electrons. The Balaban J connectivity index is 1.60. The van der Waals surface area contributed by atoms with Gasteiger partial charge in [-0.3, -0.25) is 4.79 Å². The van der Waals surface area contributed by atoms with E-state index in [4.69, 9.17) is 14.2 Å². The molecule has 0 bridgehead atoms. The third-order valence-corrected chi connectivity index (χ3v) is 4.57. The first-order valence-corrected chi connectivity index (χ1v) is 8.83. The van der Waals surface area contributed by atoms with Gasteiger partial charge in [-0.25, -0.2) is 0 Å².